The number of ether oxygens (including phenoxy) is 1. The lowest BCUT2D eigenvalue weighted by Crippen LogP contribution is -2.17. The number of nitrogens with one attached hydrogen (secondary N) is 2. The number of H-pyrrole nitrogens is 1. The largest absolute Gasteiger partial charge is 0.465 e. The van der Waals surface area contributed by atoms with Gasteiger partial charge in [0.1, 0.15) is 0 Å². The number of aromatic nitrogens is 1. The van der Waals surface area contributed by atoms with Crippen LogP contribution < -0.4 is 5.32 Å². The summed E-state index contributed by atoms with van der Waals surface area (Å²) in [5.74, 6) is -0.656. The predicted octanol–water partition coefficient (Wildman–Crippen LogP) is 3.75. The molecule has 3 rings (SSSR count). The molecule has 0 spiro atoms. The van der Waals surface area contributed by atoms with Crippen molar-refractivity contribution < 1.29 is 14.3 Å². The Labute approximate surface area is 146 Å². The first-order valence-electron chi connectivity index (χ1n) is 8.04. The van der Waals surface area contributed by atoms with Gasteiger partial charge in [0, 0.05) is 16.6 Å². The van der Waals surface area contributed by atoms with Gasteiger partial charge in [-0.2, -0.15) is 0 Å². The zero-order valence-electron chi connectivity index (χ0n) is 14.5. The van der Waals surface area contributed by atoms with Crippen molar-refractivity contribution in [1.29, 1.82) is 0 Å². The van der Waals surface area contributed by atoms with Gasteiger partial charge in [-0.05, 0) is 43.7 Å². The lowest BCUT2D eigenvalue weighted by Gasteiger charge is -2.10. The van der Waals surface area contributed by atoms with E-state index in [1.165, 1.54) is 7.11 Å². The number of hydrogen-bond donors (Lipinski definition) is 2. The maximum absolute atomic E-state index is 12.5. The predicted molar refractivity (Wildman–Crippen MR) is 97.9 cm³/mol. The standard InChI is InChI=1S/C20H20N2O3/c1-12-8-9-18-16(10-12)15(13(2)21-18)11-19(23)22-17-7-5-4-6-14(17)20(24)25-3/h4-10,21H,11H2,1-3H3,(H,22,23). The Bertz CT molecular complexity index is 957. The van der Waals surface area contributed by atoms with Crippen LogP contribution in [0.25, 0.3) is 10.9 Å². The van der Waals surface area contributed by atoms with E-state index in [9.17, 15) is 9.59 Å². The van der Waals surface area contributed by atoms with Crippen LogP contribution in [-0.4, -0.2) is 24.0 Å². The number of rotatable bonds is 4. The van der Waals surface area contributed by atoms with Crippen LogP contribution in [0.3, 0.4) is 0 Å². The second kappa shape index (κ2) is 6.81. The smallest absolute Gasteiger partial charge is 0.339 e. The molecule has 5 nitrogen and oxygen atoms in total. The first kappa shape index (κ1) is 16.8. The lowest BCUT2D eigenvalue weighted by atomic mass is 10.1. The molecule has 128 valence electrons. The van der Waals surface area contributed by atoms with Gasteiger partial charge in [0.15, 0.2) is 0 Å². The fourth-order valence-electron chi connectivity index (χ4n) is 2.96. The van der Waals surface area contributed by atoms with E-state index in [-0.39, 0.29) is 12.3 Å². The molecule has 1 amide bonds. The van der Waals surface area contributed by atoms with Crippen molar-refractivity contribution in [2.45, 2.75) is 20.3 Å². The highest BCUT2D eigenvalue weighted by molar-refractivity contribution is 6.02. The van der Waals surface area contributed by atoms with E-state index in [2.05, 4.69) is 16.4 Å². The number of carbonyl (C=O) groups excluding carboxylic acids is 2. The van der Waals surface area contributed by atoms with E-state index in [1.807, 2.05) is 26.0 Å². The van der Waals surface area contributed by atoms with Gasteiger partial charge < -0.3 is 15.0 Å². The van der Waals surface area contributed by atoms with E-state index in [4.69, 9.17) is 4.74 Å². The number of carbonyl (C=O) groups is 2. The highest BCUT2D eigenvalue weighted by atomic mass is 16.5. The number of anilines is 1. The van der Waals surface area contributed by atoms with Crippen LogP contribution in [0.2, 0.25) is 0 Å². The minimum Gasteiger partial charge on any atom is -0.465 e. The molecular weight excluding hydrogens is 316 g/mol. The van der Waals surface area contributed by atoms with E-state index in [0.717, 1.165) is 27.7 Å². The van der Waals surface area contributed by atoms with Crippen LogP contribution in [0.1, 0.15) is 27.2 Å². The zero-order chi connectivity index (χ0) is 18.0. The van der Waals surface area contributed by atoms with Crippen LogP contribution in [0.15, 0.2) is 42.5 Å². The number of amides is 1. The highest BCUT2D eigenvalue weighted by Crippen LogP contribution is 2.24. The lowest BCUT2D eigenvalue weighted by molar-refractivity contribution is -0.115. The molecule has 0 fully saturated rings. The molecule has 0 saturated carbocycles. The topological polar surface area (TPSA) is 71.2 Å². The van der Waals surface area contributed by atoms with Crippen LogP contribution in [0.4, 0.5) is 5.69 Å². The number of methoxy groups -OCH3 is 1. The minimum atomic E-state index is -0.477. The van der Waals surface area contributed by atoms with Gasteiger partial charge in [0.2, 0.25) is 5.91 Å². The Morgan fingerprint density at radius 2 is 1.88 bits per heavy atom. The molecule has 0 aliphatic rings. The minimum absolute atomic E-state index is 0.179. The number of para-hydroxylation sites is 1. The molecule has 0 radical (unpaired) electrons. The number of aromatic amines is 1. The summed E-state index contributed by atoms with van der Waals surface area (Å²) in [7, 11) is 1.32. The van der Waals surface area contributed by atoms with Crippen LogP contribution in [0, 0.1) is 13.8 Å². The quantitative estimate of drug-likeness (QED) is 0.713. The molecule has 0 unspecified atom stereocenters. The van der Waals surface area contributed by atoms with E-state index in [1.54, 1.807) is 24.3 Å². The van der Waals surface area contributed by atoms with Crippen LogP contribution in [-0.2, 0) is 16.0 Å². The summed E-state index contributed by atoms with van der Waals surface area (Å²) in [5, 5.41) is 3.87. The molecule has 5 heteroatoms. The Balaban J connectivity index is 1.86. The summed E-state index contributed by atoms with van der Waals surface area (Å²) in [5.41, 5.74) is 4.88. The van der Waals surface area contributed by atoms with Gasteiger partial charge in [0.25, 0.3) is 0 Å². The fourth-order valence-corrected chi connectivity index (χ4v) is 2.96. The molecule has 0 aliphatic carbocycles. The Morgan fingerprint density at radius 1 is 1.12 bits per heavy atom. The first-order chi connectivity index (χ1) is 12.0. The molecule has 3 aromatic rings. The second-order valence-electron chi connectivity index (χ2n) is 6.04. The van der Waals surface area contributed by atoms with Crippen molar-refractivity contribution in [1.82, 2.24) is 4.98 Å². The van der Waals surface area contributed by atoms with Gasteiger partial charge >= 0.3 is 5.97 Å². The molecule has 0 saturated heterocycles. The number of esters is 1. The van der Waals surface area contributed by atoms with E-state index in [0.29, 0.717) is 11.3 Å². The maximum Gasteiger partial charge on any atom is 0.339 e. The summed E-state index contributed by atoms with van der Waals surface area (Å²) in [6, 6.07) is 12.9. The number of fused-ring (bicyclic) bond motifs is 1. The summed E-state index contributed by atoms with van der Waals surface area (Å²) >= 11 is 0. The molecule has 0 atom stereocenters. The van der Waals surface area contributed by atoms with Crippen molar-refractivity contribution in [3.05, 3.63) is 64.8 Å². The Kier molecular flexibility index (Phi) is 4.57. The third kappa shape index (κ3) is 3.40. The summed E-state index contributed by atoms with van der Waals surface area (Å²) in [6.45, 7) is 3.98. The molecule has 25 heavy (non-hydrogen) atoms. The van der Waals surface area contributed by atoms with Crippen molar-refractivity contribution in [3.63, 3.8) is 0 Å². The molecule has 1 aromatic heterocycles. The fraction of sp³-hybridized carbons (Fsp3) is 0.200. The van der Waals surface area contributed by atoms with Crippen molar-refractivity contribution in [3.8, 4) is 0 Å². The molecule has 2 aromatic carbocycles. The van der Waals surface area contributed by atoms with Crippen LogP contribution in [0.5, 0.6) is 0 Å². The third-order valence-electron chi connectivity index (χ3n) is 4.22. The van der Waals surface area contributed by atoms with E-state index < -0.39 is 5.97 Å². The van der Waals surface area contributed by atoms with Gasteiger partial charge in [-0.1, -0.05) is 23.8 Å². The first-order valence-corrected chi connectivity index (χ1v) is 8.04. The third-order valence-corrected chi connectivity index (χ3v) is 4.22. The van der Waals surface area contributed by atoms with Crippen molar-refractivity contribution in [2.75, 3.05) is 12.4 Å². The van der Waals surface area contributed by atoms with Gasteiger partial charge in [0.05, 0.1) is 24.8 Å². The Morgan fingerprint density at radius 3 is 2.64 bits per heavy atom. The van der Waals surface area contributed by atoms with Gasteiger partial charge in [-0.15, -0.1) is 0 Å². The second-order valence-corrected chi connectivity index (χ2v) is 6.04. The summed E-state index contributed by atoms with van der Waals surface area (Å²) in [4.78, 5) is 27.7. The molecule has 0 bridgehead atoms. The van der Waals surface area contributed by atoms with Crippen molar-refractivity contribution >= 4 is 28.5 Å². The van der Waals surface area contributed by atoms with Gasteiger partial charge in [-0.25, -0.2) is 4.79 Å². The monoisotopic (exact) mass is 336 g/mol. The Hall–Kier alpha value is -3.08. The molecule has 2 N–H and O–H groups in total. The maximum atomic E-state index is 12.5. The number of aryl methyl sites for hydroxylation is 2. The van der Waals surface area contributed by atoms with Crippen molar-refractivity contribution in [2.24, 2.45) is 0 Å². The average Bonchev–Trinajstić information content (AvgIpc) is 2.90. The average molecular weight is 336 g/mol. The number of hydrogen-bond acceptors (Lipinski definition) is 3. The normalized spacial score (nSPS) is 10.7. The SMILES string of the molecule is COC(=O)c1ccccc1NC(=O)Cc1c(C)[nH]c2ccc(C)cc12. The summed E-state index contributed by atoms with van der Waals surface area (Å²) in [6.07, 6.45) is 0.227. The van der Waals surface area contributed by atoms with Gasteiger partial charge in [-0.3, -0.25) is 4.79 Å². The molecule has 1 heterocycles. The van der Waals surface area contributed by atoms with E-state index >= 15 is 0 Å². The molecule has 0 aliphatic heterocycles. The number of benzene rings is 2. The zero-order valence-corrected chi connectivity index (χ0v) is 14.5. The molecular formula is C20H20N2O3. The van der Waals surface area contributed by atoms with Crippen LogP contribution >= 0.6 is 0 Å². The summed E-state index contributed by atoms with van der Waals surface area (Å²) < 4.78 is 4.76. The highest BCUT2D eigenvalue weighted by Gasteiger charge is 2.16.